The maximum absolute atomic E-state index is 11.3. The minimum absolute atomic E-state index is 0.0267. The average Bonchev–Trinajstić information content (AvgIpc) is 2.39. The average molecular weight is 301 g/mol. The molecule has 1 N–H and O–H groups in total. The summed E-state index contributed by atoms with van der Waals surface area (Å²) in [6.07, 6.45) is 4.33. The normalized spacial score (nSPS) is 15.5. The Balaban J connectivity index is 4.60. The molecule has 0 rings (SSSR count). The molecule has 0 aliphatic rings. The maximum atomic E-state index is 11.3. The zero-order valence-corrected chi connectivity index (χ0v) is 14.1. The largest absolute Gasteiger partial charge is 0.481 e. The number of carboxylic acids is 1. The molecule has 5 heteroatoms. The van der Waals surface area contributed by atoms with Gasteiger partial charge in [0.1, 0.15) is 0 Å². The minimum Gasteiger partial charge on any atom is -0.481 e. The predicted octanol–water partition coefficient (Wildman–Crippen LogP) is 3.13. The van der Waals surface area contributed by atoms with Crippen molar-refractivity contribution >= 4 is 11.9 Å². The van der Waals surface area contributed by atoms with Crippen molar-refractivity contribution in [3.63, 3.8) is 0 Å². The van der Waals surface area contributed by atoms with Gasteiger partial charge in [-0.05, 0) is 19.4 Å². The lowest BCUT2D eigenvalue weighted by Gasteiger charge is -2.34. The molecule has 0 amide bonds. The summed E-state index contributed by atoms with van der Waals surface area (Å²) < 4.78 is 5.43. The van der Waals surface area contributed by atoms with Crippen LogP contribution < -0.4 is 0 Å². The molecule has 0 bridgehead atoms. The first-order valence-electron chi connectivity index (χ1n) is 7.88. The molecule has 0 aliphatic heterocycles. The third kappa shape index (κ3) is 8.71. The Morgan fingerprint density at radius 3 is 2.29 bits per heavy atom. The Bertz CT molecular complexity index is 319. The number of carbonyl (C=O) groups excluding carboxylic acids is 1. The number of unbranched alkanes of at least 4 members (excludes halogenated alkanes) is 3. The van der Waals surface area contributed by atoms with Gasteiger partial charge in [-0.3, -0.25) is 14.5 Å². The van der Waals surface area contributed by atoms with Gasteiger partial charge in [0, 0.05) is 25.8 Å². The number of carbonyl (C=O) groups is 2. The summed E-state index contributed by atoms with van der Waals surface area (Å²) in [7, 11) is 1.93. The van der Waals surface area contributed by atoms with E-state index < -0.39 is 5.97 Å². The van der Waals surface area contributed by atoms with Gasteiger partial charge in [-0.1, -0.05) is 40.0 Å². The first-order chi connectivity index (χ1) is 9.79. The van der Waals surface area contributed by atoms with Crippen LogP contribution in [0.5, 0.6) is 0 Å². The lowest BCUT2D eigenvalue weighted by atomic mass is 9.90. The Labute approximate surface area is 128 Å². The summed E-state index contributed by atoms with van der Waals surface area (Å²) in [5.41, 5.74) is 0. The highest BCUT2D eigenvalue weighted by molar-refractivity contribution is 5.67. The molecule has 0 saturated carbocycles. The smallest absolute Gasteiger partial charge is 0.304 e. The third-order valence-electron chi connectivity index (χ3n) is 3.93. The standard InChI is InChI=1S/C16H31NO4/c1-6-7-8-9-10-17(5)16(21-14(4)18)13(3)12(2)11-15(19)20/h12-13,16H,6-11H2,1-5H3,(H,19,20). The molecule has 3 atom stereocenters. The number of hydrogen-bond acceptors (Lipinski definition) is 4. The zero-order chi connectivity index (χ0) is 16.4. The maximum Gasteiger partial charge on any atom is 0.304 e. The van der Waals surface area contributed by atoms with E-state index in [2.05, 4.69) is 6.92 Å². The van der Waals surface area contributed by atoms with Gasteiger partial charge < -0.3 is 9.84 Å². The van der Waals surface area contributed by atoms with Crippen LogP contribution >= 0.6 is 0 Å². The summed E-state index contributed by atoms with van der Waals surface area (Å²) in [6, 6.07) is 0. The van der Waals surface area contributed by atoms with Gasteiger partial charge in [0.2, 0.25) is 0 Å². The Kier molecular flexibility index (Phi) is 10.0. The van der Waals surface area contributed by atoms with Gasteiger partial charge in [-0.25, -0.2) is 0 Å². The fourth-order valence-electron chi connectivity index (χ4n) is 2.43. The number of carboxylic acid groups (broad SMARTS) is 1. The minimum atomic E-state index is -0.818. The number of ether oxygens (including phenoxy) is 1. The van der Waals surface area contributed by atoms with Gasteiger partial charge >= 0.3 is 11.9 Å². The molecule has 0 fully saturated rings. The van der Waals surface area contributed by atoms with Crippen LogP contribution in [0.25, 0.3) is 0 Å². The first-order valence-corrected chi connectivity index (χ1v) is 7.88. The van der Waals surface area contributed by atoms with Crippen molar-refractivity contribution < 1.29 is 19.4 Å². The third-order valence-corrected chi connectivity index (χ3v) is 3.93. The van der Waals surface area contributed by atoms with E-state index in [9.17, 15) is 9.59 Å². The number of hydrogen-bond donors (Lipinski definition) is 1. The van der Waals surface area contributed by atoms with Gasteiger partial charge in [-0.15, -0.1) is 0 Å². The van der Waals surface area contributed by atoms with Crippen LogP contribution in [0.2, 0.25) is 0 Å². The van der Waals surface area contributed by atoms with Crippen LogP contribution in [0.15, 0.2) is 0 Å². The van der Waals surface area contributed by atoms with Crippen LogP contribution in [0.4, 0.5) is 0 Å². The molecule has 5 nitrogen and oxygen atoms in total. The molecule has 124 valence electrons. The molecule has 0 aromatic rings. The van der Waals surface area contributed by atoms with Crippen LogP contribution in [0.3, 0.4) is 0 Å². The summed E-state index contributed by atoms with van der Waals surface area (Å²) in [5.74, 6) is -1.22. The van der Waals surface area contributed by atoms with Gasteiger partial charge in [-0.2, -0.15) is 0 Å². The van der Waals surface area contributed by atoms with Gasteiger partial charge in [0.05, 0.1) is 0 Å². The Morgan fingerprint density at radius 2 is 1.81 bits per heavy atom. The fourth-order valence-corrected chi connectivity index (χ4v) is 2.43. The number of nitrogens with zero attached hydrogens (tertiary/aromatic N) is 1. The highest BCUT2D eigenvalue weighted by atomic mass is 16.6. The molecule has 0 radical (unpaired) electrons. The van der Waals surface area contributed by atoms with E-state index in [0.29, 0.717) is 0 Å². The van der Waals surface area contributed by atoms with Crippen molar-refractivity contribution in [2.75, 3.05) is 13.6 Å². The van der Waals surface area contributed by atoms with Crippen molar-refractivity contribution in [3.8, 4) is 0 Å². The van der Waals surface area contributed by atoms with Crippen molar-refractivity contribution in [2.24, 2.45) is 11.8 Å². The van der Waals surface area contributed by atoms with Crippen molar-refractivity contribution in [3.05, 3.63) is 0 Å². The van der Waals surface area contributed by atoms with Gasteiger partial charge in [0.15, 0.2) is 6.23 Å². The zero-order valence-electron chi connectivity index (χ0n) is 14.1. The van der Waals surface area contributed by atoms with Crippen LogP contribution in [-0.2, 0) is 14.3 Å². The highest BCUT2D eigenvalue weighted by Crippen LogP contribution is 2.23. The van der Waals surface area contributed by atoms with Crippen LogP contribution in [0.1, 0.15) is 59.8 Å². The Morgan fingerprint density at radius 1 is 1.19 bits per heavy atom. The lowest BCUT2D eigenvalue weighted by Crippen LogP contribution is -2.43. The summed E-state index contributed by atoms with van der Waals surface area (Å²) >= 11 is 0. The second-order valence-electron chi connectivity index (χ2n) is 5.98. The quantitative estimate of drug-likeness (QED) is 0.361. The summed E-state index contributed by atoms with van der Waals surface area (Å²) in [5, 5.41) is 8.91. The molecule has 0 aromatic carbocycles. The number of esters is 1. The first kappa shape index (κ1) is 19.9. The van der Waals surface area contributed by atoms with Crippen molar-refractivity contribution in [1.82, 2.24) is 4.90 Å². The van der Waals surface area contributed by atoms with E-state index in [0.717, 1.165) is 19.4 Å². The second-order valence-corrected chi connectivity index (χ2v) is 5.98. The van der Waals surface area contributed by atoms with Crippen molar-refractivity contribution in [2.45, 2.75) is 66.0 Å². The van der Waals surface area contributed by atoms with E-state index in [1.165, 1.54) is 19.8 Å². The number of aliphatic carboxylic acids is 1. The SMILES string of the molecule is CCCCCCN(C)C(OC(C)=O)C(C)C(C)CC(=O)O. The monoisotopic (exact) mass is 301 g/mol. The van der Waals surface area contributed by atoms with E-state index in [1.807, 2.05) is 25.8 Å². The second kappa shape index (κ2) is 10.6. The molecular weight excluding hydrogens is 270 g/mol. The van der Waals surface area contributed by atoms with Crippen molar-refractivity contribution in [1.29, 1.82) is 0 Å². The van der Waals surface area contributed by atoms with E-state index in [1.54, 1.807) is 0 Å². The molecule has 21 heavy (non-hydrogen) atoms. The molecule has 0 aromatic heterocycles. The van der Waals surface area contributed by atoms with E-state index in [-0.39, 0.29) is 30.5 Å². The van der Waals surface area contributed by atoms with Gasteiger partial charge in [0.25, 0.3) is 0 Å². The predicted molar refractivity (Wildman–Crippen MR) is 82.9 cm³/mol. The Hall–Kier alpha value is -1.10. The summed E-state index contributed by atoms with van der Waals surface area (Å²) in [6.45, 7) is 8.25. The topological polar surface area (TPSA) is 66.8 Å². The van der Waals surface area contributed by atoms with Crippen LogP contribution in [-0.4, -0.2) is 41.8 Å². The molecular formula is C16H31NO4. The lowest BCUT2D eigenvalue weighted by molar-refractivity contribution is -0.163. The summed E-state index contributed by atoms with van der Waals surface area (Å²) in [4.78, 5) is 24.2. The van der Waals surface area contributed by atoms with E-state index >= 15 is 0 Å². The molecule has 0 heterocycles. The molecule has 3 unspecified atom stereocenters. The number of rotatable bonds is 11. The van der Waals surface area contributed by atoms with Crippen LogP contribution in [0, 0.1) is 11.8 Å². The molecule has 0 spiro atoms. The fraction of sp³-hybridized carbons (Fsp3) is 0.875. The highest BCUT2D eigenvalue weighted by Gasteiger charge is 2.29. The molecule has 0 saturated heterocycles. The van der Waals surface area contributed by atoms with E-state index in [4.69, 9.17) is 9.84 Å². The molecule has 0 aliphatic carbocycles.